The number of rotatable bonds is 25. The number of likely N-dealkylation sites (N-methyl/N-ethyl adjacent to an activating group) is 3. The van der Waals surface area contributed by atoms with Crippen molar-refractivity contribution < 1.29 is 28.6 Å². The number of likely N-dealkylation sites (tertiary alicyclic amines) is 3. The summed E-state index contributed by atoms with van der Waals surface area (Å²) in [4.78, 5) is 108. The molecule has 0 bridgehead atoms. The summed E-state index contributed by atoms with van der Waals surface area (Å²) in [6.07, 6.45) is 14.4. The average molecular weight is 1740 g/mol. The third-order valence-electron chi connectivity index (χ3n) is 27.1. The van der Waals surface area contributed by atoms with Crippen LogP contribution in [0.2, 0.25) is 0 Å². The van der Waals surface area contributed by atoms with Crippen LogP contribution in [0.5, 0.6) is 18.0 Å². The first-order valence-electron chi connectivity index (χ1n) is 46.2. The van der Waals surface area contributed by atoms with Gasteiger partial charge in [-0.2, -0.15) is 29.9 Å². The van der Waals surface area contributed by atoms with Gasteiger partial charge in [0, 0.05) is 166 Å². The van der Waals surface area contributed by atoms with Gasteiger partial charge >= 0.3 is 18.0 Å². The molecular formula is C101H122N22O6. The SMILES string of the molecule is [C-]#[N+]C[C@H]1CN(c2nc(OC[C@@H]3CCCN3CC)nc3c2CCN(c2cccc4ccccc24)C3)CCN1C(=O)/C=C/CN(C)C.[C-]#[N+]C[C@H]1CN(c2nc(OC[C@@H]3CCCN3CC)nc3c2CCN(c2cccc4ccccc24)C3)CCN1C(=O)C=C.[C-]#[N+]C[C@H]1CN(c2nc(OC[C@H]3CCN(C)C3)nc3c2CCN(c2cccc4ccccc24)C3)CCN1C(=O)C=C. The predicted molar refractivity (Wildman–Crippen MR) is 510 cm³/mol. The van der Waals surface area contributed by atoms with E-state index in [1.54, 1.807) is 15.9 Å². The lowest BCUT2D eigenvalue weighted by Crippen LogP contribution is -2.56. The van der Waals surface area contributed by atoms with Gasteiger partial charge in [-0.3, -0.25) is 24.2 Å². The molecule has 0 N–H and O–H groups in total. The summed E-state index contributed by atoms with van der Waals surface area (Å²) in [6.45, 7) is 53.6. The quantitative estimate of drug-likeness (QED) is 0.0384. The van der Waals surface area contributed by atoms with Crippen LogP contribution in [0.1, 0.15) is 79.7 Å². The zero-order chi connectivity index (χ0) is 89.4. The highest BCUT2D eigenvalue weighted by Gasteiger charge is 2.40. The summed E-state index contributed by atoms with van der Waals surface area (Å²) in [5.41, 5.74) is 10.0. The van der Waals surface area contributed by atoms with Gasteiger partial charge in [0.2, 0.25) is 37.4 Å². The second-order valence-corrected chi connectivity index (χ2v) is 35.5. The van der Waals surface area contributed by atoms with E-state index in [0.717, 1.165) is 149 Å². The number of carbonyl (C=O) groups excluding carboxylic acids is 3. The highest BCUT2D eigenvalue weighted by atomic mass is 16.5. The van der Waals surface area contributed by atoms with Crippen LogP contribution in [0, 0.1) is 25.6 Å². The van der Waals surface area contributed by atoms with Crippen molar-refractivity contribution >= 4 is 84.6 Å². The molecule has 28 heteroatoms. The largest absolute Gasteiger partial charge is 0.463 e. The van der Waals surface area contributed by atoms with Gasteiger partial charge in [0.1, 0.15) is 48.8 Å². The van der Waals surface area contributed by atoms with E-state index >= 15 is 0 Å². The Morgan fingerprint density at radius 1 is 0.426 bits per heavy atom. The molecule has 672 valence electrons. The number of fused-ring (bicyclic) bond motifs is 6. The number of ether oxygens (including phenoxy) is 3. The molecule has 9 aromatic rings. The van der Waals surface area contributed by atoms with Crippen molar-refractivity contribution in [1.82, 2.24) is 64.2 Å². The van der Waals surface area contributed by atoms with E-state index in [2.05, 4.69) is 220 Å². The molecule has 0 aliphatic carbocycles. The summed E-state index contributed by atoms with van der Waals surface area (Å²) >= 11 is 0. The first kappa shape index (κ1) is 89.9. The molecule has 0 unspecified atom stereocenters. The van der Waals surface area contributed by atoms with E-state index in [1.807, 2.05) is 30.0 Å². The molecule has 6 saturated heterocycles. The number of piperazine rings is 3. The second-order valence-electron chi connectivity index (χ2n) is 35.5. The number of nitrogens with zero attached hydrogens (tertiary/aromatic N) is 22. The standard InChI is InChI=1S/C36H46N8O2.C33H39N7O2.C32H37N7O2/c1-5-41-19-9-13-28(41)26-46-36-38-32-25-42(33-15-8-12-27-11-6-7-14-30(27)33)20-17-31(32)35(39-36)43-21-22-44(29(24-43)23-37-2)34(45)16-10-18-40(3)4;1-4-31(41)40-19-18-39(21-26(40)20-34-3)32-28-15-17-38(30-14-8-11-24-10-6-7-13-27(24)30)22-29(28)35-33(36-32)42-23-25-12-9-16-37(25)5-2;1-4-30(40)39-17-16-38(20-25(39)18-33-2)31-27-13-15-37(29-11-7-9-24-8-5-6-10-26(24)29)21-28(27)34-32(35-31)41-22-23-12-14-36(3)19-23/h6-8,10-12,14-16,28-29H,5,9,13,17-26H2,1,3-4H3;4,6-8,10-11,13-14,25-26H,1,5,9,12,15-23H2,2H3;4-11,23,25H,1,12-22H2,3H3/b16-10+;;/t28-,29-;25-,26-;23-,25-/m000/s1. The lowest BCUT2D eigenvalue weighted by atomic mass is 10.0. The van der Waals surface area contributed by atoms with Gasteiger partial charge in [-0.25, -0.2) is 19.7 Å². The van der Waals surface area contributed by atoms with Crippen molar-refractivity contribution in [2.75, 3.05) is 214 Å². The Morgan fingerprint density at radius 2 is 0.791 bits per heavy atom. The third-order valence-corrected chi connectivity index (χ3v) is 27.1. The Hall–Kier alpha value is -12.5. The summed E-state index contributed by atoms with van der Waals surface area (Å²) in [5.74, 6) is 2.83. The van der Waals surface area contributed by atoms with Gasteiger partial charge in [0.15, 0.2) is 0 Å². The van der Waals surface area contributed by atoms with Crippen LogP contribution in [0.25, 0.3) is 46.9 Å². The Kier molecular flexibility index (Phi) is 29.4. The van der Waals surface area contributed by atoms with Crippen molar-refractivity contribution in [3.05, 3.63) is 233 Å². The minimum atomic E-state index is -0.218. The molecule has 6 aromatic carbocycles. The van der Waals surface area contributed by atoms with Crippen LogP contribution in [0.3, 0.4) is 0 Å². The van der Waals surface area contributed by atoms with Crippen LogP contribution in [-0.4, -0.2) is 297 Å². The van der Waals surface area contributed by atoms with Crippen LogP contribution >= 0.6 is 0 Å². The van der Waals surface area contributed by atoms with Crippen molar-refractivity contribution in [2.24, 2.45) is 5.92 Å². The Bertz CT molecular complexity index is 5660. The molecule has 0 spiro atoms. The van der Waals surface area contributed by atoms with E-state index in [0.29, 0.717) is 141 Å². The number of anilines is 6. The average Bonchev–Trinajstić information content (AvgIpc) is 1.55. The number of amides is 3. The molecule has 6 fully saturated rings. The van der Waals surface area contributed by atoms with Crippen LogP contribution in [0.15, 0.2) is 165 Å². The smallest absolute Gasteiger partial charge is 0.318 e. The van der Waals surface area contributed by atoms with Crippen LogP contribution in [0.4, 0.5) is 34.5 Å². The van der Waals surface area contributed by atoms with Gasteiger partial charge in [-0.05, 0) is 152 Å². The molecule has 28 nitrogen and oxygen atoms in total. The molecule has 6 atom stereocenters. The summed E-state index contributed by atoms with van der Waals surface area (Å²) in [7, 11) is 6.10. The number of aromatic nitrogens is 6. The Labute approximate surface area is 759 Å². The lowest BCUT2D eigenvalue weighted by Gasteiger charge is -2.41. The fourth-order valence-corrected chi connectivity index (χ4v) is 20.4. The van der Waals surface area contributed by atoms with Crippen molar-refractivity contribution in [3.8, 4) is 18.0 Å². The maximum Gasteiger partial charge on any atom is 0.318 e. The molecule has 18 rings (SSSR count). The fraction of sp³-hybridized carbons (Fsp3) is 0.465. The van der Waals surface area contributed by atoms with E-state index in [9.17, 15) is 14.4 Å². The molecule has 12 heterocycles. The van der Waals surface area contributed by atoms with Gasteiger partial charge in [0.25, 0.3) is 0 Å². The normalized spacial score (nSPS) is 20.8. The zero-order valence-electron chi connectivity index (χ0n) is 75.6. The van der Waals surface area contributed by atoms with Gasteiger partial charge < -0.3 is 82.6 Å². The molecule has 9 aliphatic heterocycles. The maximum atomic E-state index is 13.2. The summed E-state index contributed by atoms with van der Waals surface area (Å²) in [6, 6.07) is 46.3. The van der Waals surface area contributed by atoms with E-state index in [-0.39, 0.29) is 55.5 Å². The van der Waals surface area contributed by atoms with Gasteiger partial charge in [-0.1, -0.05) is 142 Å². The van der Waals surface area contributed by atoms with Crippen molar-refractivity contribution in [1.29, 1.82) is 0 Å². The Morgan fingerprint density at radius 3 is 1.14 bits per heavy atom. The van der Waals surface area contributed by atoms with E-state index in [4.69, 9.17) is 63.8 Å². The van der Waals surface area contributed by atoms with Gasteiger partial charge in [-0.15, -0.1) is 0 Å². The molecule has 3 amide bonds. The minimum absolute atomic E-state index is 0.0355. The summed E-state index contributed by atoms with van der Waals surface area (Å²) in [5, 5.41) is 7.39. The molecule has 0 saturated carbocycles. The molecular weight excluding hydrogens is 1620 g/mol. The highest BCUT2D eigenvalue weighted by Crippen LogP contribution is 2.41. The van der Waals surface area contributed by atoms with Crippen molar-refractivity contribution in [3.63, 3.8) is 0 Å². The van der Waals surface area contributed by atoms with Crippen molar-refractivity contribution in [2.45, 2.75) is 115 Å². The predicted octanol–water partition coefficient (Wildman–Crippen LogP) is 11.9. The third kappa shape index (κ3) is 20.8. The lowest BCUT2D eigenvalue weighted by molar-refractivity contribution is -0.129. The topological polar surface area (TPSA) is 211 Å². The highest BCUT2D eigenvalue weighted by molar-refractivity contribution is 5.97. The minimum Gasteiger partial charge on any atom is -0.463 e. The number of benzene rings is 6. The molecule has 129 heavy (non-hydrogen) atoms. The first-order chi connectivity index (χ1) is 63.1. The summed E-state index contributed by atoms with van der Waals surface area (Å²) < 4.78 is 19.0. The zero-order valence-corrected chi connectivity index (χ0v) is 75.6. The number of carbonyl (C=O) groups is 3. The number of hydrogen-bond acceptors (Lipinski definition) is 22. The van der Waals surface area contributed by atoms with Gasteiger partial charge in [0.05, 0.1) is 43.3 Å². The number of hydrogen-bond donors (Lipinski definition) is 0. The monoisotopic (exact) mass is 1740 g/mol. The maximum absolute atomic E-state index is 13.2. The van der Waals surface area contributed by atoms with E-state index < -0.39 is 0 Å². The Balaban J connectivity index is 0.000000142. The van der Waals surface area contributed by atoms with Crippen LogP contribution < -0.4 is 43.6 Å². The second kappa shape index (κ2) is 42.2. The molecule has 0 radical (unpaired) electrons. The van der Waals surface area contributed by atoms with E-state index in [1.165, 1.54) is 74.4 Å². The fourth-order valence-electron chi connectivity index (χ4n) is 20.4. The first-order valence-corrected chi connectivity index (χ1v) is 46.2. The molecule has 3 aromatic heterocycles. The molecule has 9 aliphatic rings. The van der Waals surface area contributed by atoms with Crippen LogP contribution in [-0.2, 0) is 53.3 Å².